The van der Waals surface area contributed by atoms with Gasteiger partial charge in [0.25, 0.3) is 0 Å². The molecule has 2 amide bonds. The Bertz CT molecular complexity index is 374. The van der Waals surface area contributed by atoms with Crippen molar-refractivity contribution in [3.63, 3.8) is 0 Å². The molecule has 0 radical (unpaired) electrons. The van der Waals surface area contributed by atoms with Crippen LogP contribution >= 0.6 is 0 Å². The molecule has 0 bridgehead atoms. The third-order valence-electron chi connectivity index (χ3n) is 4.45. The lowest BCUT2D eigenvalue weighted by Gasteiger charge is -2.29. The molecule has 1 aliphatic carbocycles. The molecule has 3 aliphatic rings. The fourth-order valence-electron chi connectivity index (χ4n) is 3.52. The third-order valence-corrected chi connectivity index (χ3v) is 4.45. The molecule has 0 spiro atoms. The van der Waals surface area contributed by atoms with Gasteiger partial charge in [-0.1, -0.05) is 6.42 Å². The van der Waals surface area contributed by atoms with E-state index in [1.54, 1.807) is 0 Å². The van der Waals surface area contributed by atoms with Crippen molar-refractivity contribution in [2.45, 2.75) is 31.3 Å². The summed E-state index contributed by atoms with van der Waals surface area (Å²) < 4.78 is 0. The zero-order valence-corrected chi connectivity index (χ0v) is 10.3. The Labute approximate surface area is 106 Å². The Morgan fingerprint density at radius 1 is 1.33 bits per heavy atom. The molecule has 0 aromatic heterocycles. The fraction of sp³-hybridized carbons (Fsp3) is 0.833. The van der Waals surface area contributed by atoms with Crippen molar-refractivity contribution in [1.82, 2.24) is 15.1 Å². The van der Waals surface area contributed by atoms with Crippen molar-refractivity contribution >= 4 is 12.0 Å². The number of hydrogen-bond donors (Lipinski definition) is 2. The van der Waals surface area contributed by atoms with Crippen molar-refractivity contribution in [2.75, 3.05) is 26.2 Å². The largest absolute Gasteiger partial charge is 0.481 e. The van der Waals surface area contributed by atoms with E-state index in [1.807, 2.05) is 9.80 Å². The zero-order chi connectivity index (χ0) is 12.7. The Kier molecular flexibility index (Phi) is 2.89. The van der Waals surface area contributed by atoms with E-state index in [-0.39, 0.29) is 24.0 Å². The van der Waals surface area contributed by atoms with Gasteiger partial charge in [-0.25, -0.2) is 4.79 Å². The summed E-state index contributed by atoms with van der Waals surface area (Å²) in [6.07, 6.45) is 2.44. The van der Waals surface area contributed by atoms with Crippen LogP contribution in [0.5, 0.6) is 0 Å². The highest BCUT2D eigenvalue weighted by atomic mass is 16.4. The van der Waals surface area contributed by atoms with Crippen LogP contribution in [0.15, 0.2) is 0 Å². The SMILES string of the molecule is O=C(O)[C@H]1CCC[C@H]1N1C[C@@H]2CNCCN2C1=O. The Morgan fingerprint density at radius 2 is 2.17 bits per heavy atom. The average molecular weight is 253 g/mol. The maximum Gasteiger partial charge on any atom is 0.320 e. The maximum atomic E-state index is 12.3. The number of carboxylic acid groups (broad SMARTS) is 1. The van der Waals surface area contributed by atoms with Crippen molar-refractivity contribution in [1.29, 1.82) is 0 Å². The predicted molar refractivity (Wildman–Crippen MR) is 64.2 cm³/mol. The van der Waals surface area contributed by atoms with Gasteiger partial charge < -0.3 is 20.2 Å². The average Bonchev–Trinajstić information content (AvgIpc) is 2.94. The van der Waals surface area contributed by atoms with Gasteiger partial charge in [0.2, 0.25) is 0 Å². The standard InChI is InChI=1S/C12H19N3O3/c16-11(17)9-2-1-3-10(9)15-7-8-6-13-4-5-14(8)12(15)18/h8-10,13H,1-7H2,(H,16,17)/t8-,9-,10+/m0/s1. The number of piperazine rings is 1. The van der Waals surface area contributed by atoms with Crippen LogP contribution in [0, 0.1) is 5.92 Å². The van der Waals surface area contributed by atoms with E-state index in [1.165, 1.54) is 0 Å². The summed E-state index contributed by atoms with van der Waals surface area (Å²) in [6, 6.07) is 0.168. The Balaban J connectivity index is 1.76. The Morgan fingerprint density at radius 3 is 2.89 bits per heavy atom. The number of hydrogen-bond acceptors (Lipinski definition) is 3. The normalized spacial score (nSPS) is 36.0. The minimum atomic E-state index is -0.756. The monoisotopic (exact) mass is 253 g/mol. The fourth-order valence-corrected chi connectivity index (χ4v) is 3.52. The summed E-state index contributed by atoms with van der Waals surface area (Å²) >= 11 is 0. The van der Waals surface area contributed by atoms with Gasteiger partial charge in [-0.2, -0.15) is 0 Å². The van der Waals surface area contributed by atoms with E-state index in [2.05, 4.69) is 5.32 Å². The molecule has 0 aromatic carbocycles. The summed E-state index contributed by atoms with van der Waals surface area (Å²) in [5.74, 6) is -1.13. The lowest BCUT2D eigenvalue weighted by molar-refractivity contribution is -0.142. The summed E-state index contributed by atoms with van der Waals surface area (Å²) in [4.78, 5) is 27.3. The van der Waals surface area contributed by atoms with Crippen molar-refractivity contribution in [3.8, 4) is 0 Å². The van der Waals surface area contributed by atoms with Crippen molar-refractivity contribution < 1.29 is 14.7 Å². The molecule has 3 atom stereocenters. The van der Waals surface area contributed by atoms with Gasteiger partial charge in [0.1, 0.15) is 0 Å². The molecule has 0 aromatic rings. The summed E-state index contributed by atoms with van der Waals surface area (Å²) in [5.41, 5.74) is 0. The van der Waals surface area contributed by atoms with Crippen LogP contribution in [-0.2, 0) is 4.79 Å². The molecule has 2 heterocycles. The molecule has 2 saturated heterocycles. The topological polar surface area (TPSA) is 72.9 Å². The maximum absolute atomic E-state index is 12.3. The van der Waals surface area contributed by atoms with Crippen LogP contribution in [0.25, 0.3) is 0 Å². The molecule has 100 valence electrons. The predicted octanol–water partition coefficient (Wildman–Crippen LogP) is -0.0509. The van der Waals surface area contributed by atoms with Crippen molar-refractivity contribution in [3.05, 3.63) is 0 Å². The number of carboxylic acids is 1. The number of urea groups is 1. The van der Waals surface area contributed by atoms with E-state index >= 15 is 0 Å². The number of rotatable bonds is 2. The lowest BCUT2D eigenvalue weighted by Crippen LogP contribution is -2.50. The number of carbonyl (C=O) groups is 2. The van der Waals surface area contributed by atoms with E-state index < -0.39 is 5.97 Å². The quantitative estimate of drug-likeness (QED) is 0.723. The van der Waals surface area contributed by atoms with Gasteiger partial charge in [-0.05, 0) is 12.8 Å². The number of nitrogens with zero attached hydrogens (tertiary/aromatic N) is 2. The highest BCUT2D eigenvalue weighted by molar-refractivity contribution is 5.79. The van der Waals surface area contributed by atoms with Crippen LogP contribution < -0.4 is 5.32 Å². The first-order valence-corrected chi connectivity index (χ1v) is 6.69. The van der Waals surface area contributed by atoms with Crippen LogP contribution in [0.2, 0.25) is 0 Å². The zero-order valence-electron chi connectivity index (χ0n) is 10.3. The molecule has 18 heavy (non-hydrogen) atoms. The van der Waals surface area contributed by atoms with Crippen molar-refractivity contribution in [2.24, 2.45) is 5.92 Å². The molecule has 3 rings (SSSR count). The number of carbonyl (C=O) groups excluding carboxylic acids is 1. The lowest BCUT2D eigenvalue weighted by atomic mass is 10.0. The second-order valence-electron chi connectivity index (χ2n) is 5.43. The summed E-state index contributed by atoms with van der Waals surface area (Å²) in [6.45, 7) is 3.08. The Hall–Kier alpha value is -1.30. The van der Waals surface area contributed by atoms with Gasteiger partial charge >= 0.3 is 12.0 Å². The highest BCUT2D eigenvalue weighted by Gasteiger charge is 2.46. The molecular weight excluding hydrogens is 234 g/mol. The molecule has 3 fully saturated rings. The molecule has 0 unspecified atom stereocenters. The minimum absolute atomic E-state index is 0.0413. The van der Waals surface area contributed by atoms with Gasteiger partial charge in [0.15, 0.2) is 0 Å². The summed E-state index contributed by atoms with van der Waals surface area (Å²) in [5, 5.41) is 12.5. The molecule has 2 N–H and O–H groups in total. The smallest absolute Gasteiger partial charge is 0.320 e. The minimum Gasteiger partial charge on any atom is -0.481 e. The van der Waals surface area contributed by atoms with E-state index in [4.69, 9.17) is 0 Å². The number of aliphatic carboxylic acids is 1. The summed E-state index contributed by atoms with van der Waals surface area (Å²) in [7, 11) is 0. The van der Waals surface area contributed by atoms with Crippen LogP contribution in [0.3, 0.4) is 0 Å². The molecule has 1 saturated carbocycles. The van der Waals surface area contributed by atoms with E-state index in [9.17, 15) is 14.7 Å². The first kappa shape index (κ1) is 11.8. The molecule has 2 aliphatic heterocycles. The van der Waals surface area contributed by atoms with Gasteiger partial charge in [0, 0.05) is 32.2 Å². The van der Waals surface area contributed by atoms with E-state index in [0.29, 0.717) is 13.0 Å². The van der Waals surface area contributed by atoms with E-state index in [0.717, 1.165) is 32.5 Å². The van der Waals surface area contributed by atoms with Gasteiger partial charge in [-0.3, -0.25) is 4.79 Å². The molecule has 6 nitrogen and oxygen atoms in total. The number of nitrogens with one attached hydrogen (secondary N) is 1. The first-order chi connectivity index (χ1) is 8.68. The number of amides is 2. The molecular formula is C12H19N3O3. The second kappa shape index (κ2) is 4.42. The van der Waals surface area contributed by atoms with Crippen LogP contribution in [-0.4, -0.2) is 65.2 Å². The van der Waals surface area contributed by atoms with Gasteiger partial charge in [0.05, 0.1) is 12.0 Å². The second-order valence-corrected chi connectivity index (χ2v) is 5.43. The van der Waals surface area contributed by atoms with Crippen LogP contribution in [0.1, 0.15) is 19.3 Å². The third kappa shape index (κ3) is 1.75. The first-order valence-electron chi connectivity index (χ1n) is 6.69. The highest BCUT2D eigenvalue weighted by Crippen LogP contribution is 2.33. The van der Waals surface area contributed by atoms with Crippen LogP contribution in [0.4, 0.5) is 4.79 Å². The molecule has 6 heteroatoms. The number of fused-ring (bicyclic) bond motifs is 1. The van der Waals surface area contributed by atoms with Gasteiger partial charge in [-0.15, -0.1) is 0 Å².